The number of carbonyl (C=O) groups is 1. The molecule has 2 unspecified atom stereocenters. The molecule has 6 nitrogen and oxygen atoms in total. The number of nitrogens with one attached hydrogen (secondary N) is 1. The molecule has 0 spiro atoms. The summed E-state index contributed by atoms with van der Waals surface area (Å²) in [5.74, 6) is 0.976. The Bertz CT molecular complexity index is 630. The number of methoxy groups -OCH3 is 1. The fourth-order valence-electron chi connectivity index (χ4n) is 3.75. The number of carbonyl (C=O) groups excluding carboxylic acids is 1. The van der Waals surface area contributed by atoms with Crippen molar-refractivity contribution in [2.75, 3.05) is 46.9 Å². The lowest BCUT2D eigenvalue weighted by Gasteiger charge is -2.28. The Kier molecular flexibility index (Phi) is 5.96. The van der Waals surface area contributed by atoms with Crippen LogP contribution in [0.15, 0.2) is 16.4 Å². The molecule has 0 aromatic carbocycles. The third kappa shape index (κ3) is 4.15. The predicted octanol–water partition coefficient (Wildman–Crippen LogP) is 1.42. The Labute approximate surface area is 153 Å². The topological polar surface area (TPSA) is 57.2 Å². The van der Waals surface area contributed by atoms with Gasteiger partial charge in [-0.15, -0.1) is 11.3 Å². The number of nitrogens with zero attached hydrogens (tertiary/aromatic N) is 3. The van der Waals surface area contributed by atoms with Gasteiger partial charge in [-0.3, -0.25) is 14.7 Å². The average molecular weight is 365 g/mol. The van der Waals surface area contributed by atoms with E-state index in [1.165, 1.54) is 12.7 Å². The first-order valence-electron chi connectivity index (χ1n) is 8.93. The maximum Gasteiger partial charge on any atom is 0.310 e. The molecule has 2 aliphatic heterocycles. The van der Waals surface area contributed by atoms with E-state index >= 15 is 0 Å². The van der Waals surface area contributed by atoms with Crippen molar-refractivity contribution in [3.8, 4) is 0 Å². The van der Waals surface area contributed by atoms with E-state index in [1.807, 2.05) is 11.3 Å². The highest BCUT2D eigenvalue weighted by molar-refractivity contribution is 7.10. The highest BCUT2D eigenvalue weighted by atomic mass is 32.1. The van der Waals surface area contributed by atoms with Gasteiger partial charge < -0.3 is 15.0 Å². The van der Waals surface area contributed by atoms with Crippen LogP contribution in [0.2, 0.25) is 0 Å². The second-order valence-electron chi connectivity index (χ2n) is 6.88. The van der Waals surface area contributed by atoms with Crippen molar-refractivity contribution in [2.24, 2.45) is 16.8 Å². The van der Waals surface area contributed by atoms with Gasteiger partial charge in [-0.1, -0.05) is 6.92 Å². The van der Waals surface area contributed by atoms with Crippen LogP contribution in [0.5, 0.6) is 0 Å². The molecule has 3 heterocycles. The fourth-order valence-corrected chi connectivity index (χ4v) is 4.64. The molecule has 0 radical (unpaired) electrons. The van der Waals surface area contributed by atoms with E-state index < -0.39 is 0 Å². The van der Waals surface area contributed by atoms with E-state index in [0.29, 0.717) is 6.54 Å². The number of guanidine groups is 1. The second-order valence-corrected chi connectivity index (χ2v) is 7.88. The standard InChI is InChI=1S/C18H28N4O2S/c1-13-10-22(12-15(13)17(23)24-3)18(19-2)20-6-8-21-7-4-16-14(11-21)5-9-25-16/h5,9,13,15H,4,6-8,10-12H2,1-3H3,(H,19,20). The molecule has 0 amide bonds. The zero-order chi connectivity index (χ0) is 17.8. The quantitative estimate of drug-likeness (QED) is 0.498. The van der Waals surface area contributed by atoms with E-state index in [-0.39, 0.29) is 17.8 Å². The lowest BCUT2D eigenvalue weighted by Crippen LogP contribution is -2.44. The number of likely N-dealkylation sites (tertiary alicyclic amines) is 1. The highest BCUT2D eigenvalue weighted by Crippen LogP contribution is 2.25. The molecule has 25 heavy (non-hydrogen) atoms. The van der Waals surface area contributed by atoms with E-state index in [2.05, 4.69) is 38.5 Å². The van der Waals surface area contributed by atoms with E-state index in [4.69, 9.17) is 4.74 Å². The van der Waals surface area contributed by atoms with Crippen molar-refractivity contribution in [2.45, 2.75) is 19.9 Å². The van der Waals surface area contributed by atoms with Gasteiger partial charge in [0.1, 0.15) is 0 Å². The summed E-state index contributed by atoms with van der Waals surface area (Å²) in [7, 11) is 3.26. The molecule has 1 saturated heterocycles. The van der Waals surface area contributed by atoms with Gasteiger partial charge in [0.25, 0.3) is 0 Å². The first-order valence-corrected chi connectivity index (χ1v) is 9.81. The molecule has 1 aromatic rings. The summed E-state index contributed by atoms with van der Waals surface area (Å²) < 4.78 is 4.92. The monoisotopic (exact) mass is 364 g/mol. The van der Waals surface area contributed by atoms with Crippen LogP contribution >= 0.6 is 11.3 Å². The van der Waals surface area contributed by atoms with Crippen LogP contribution < -0.4 is 5.32 Å². The SMILES string of the molecule is CN=C(NCCN1CCc2sccc2C1)N1CC(C)C(C(=O)OC)C1. The molecule has 1 N–H and O–H groups in total. The van der Waals surface area contributed by atoms with E-state index in [0.717, 1.165) is 45.1 Å². The molecular formula is C18H28N4O2S. The molecule has 0 saturated carbocycles. The van der Waals surface area contributed by atoms with Gasteiger partial charge in [0, 0.05) is 51.2 Å². The molecule has 138 valence electrons. The zero-order valence-electron chi connectivity index (χ0n) is 15.3. The Morgan fingerprint density at radius 1 is 1.48 bits per heavy atom. The molecule has 3 rings (SSSR count). The minimum absolute atomic E-state index is 0.0670. The first kappa shape index (κ1) is 18.2. The molecule has 7 heteroatoms. The Morgan fingerprint density at radius 3 is 3.08 bits per heavy atom. The first-order chi connectivity index (χ1) is 12.1. The molecule has 2 atom stereocenters. The summed E-state index contributed by atoms with van der Waals surface area (Å²) in [4.78, 5) is 22.5. The molecule has 1 aromatic heterocycles. The molecule has 0 aliphatic carbocycles. The van der Waals surface area contributed by atoms with Crippen LogP contribution in [0.3, 0.4) is 0 Å². The van der Waals surface area contributed by atoms with Crippen molar-refractivity contribution in [3.05, 3.63) is 21.9 Å². The summed E-state index contributed by atoms with van der Waals surface area (Å²) in [6.45, 7) is 7.64. The van der Waals surface area contributed by atoms with Crippen LogP contribution in [-0.4, -0.2) is 68.6 Å². The van der Waals surface area contributed by atoms with Crippen molar-refractivity contribution in [3.63, 3.8) is 0 Å². The lowest BCUT2D eigenvalue weighted by molar-refractivity contribution is -0.145. The van der Waals surface area contributed by atoms with Crippen molar-refractivity contribution < 1.29 is 9.53 Å². The van der Waals surface area contributed by atoms with Crippen LogP contribution in [-0.2, 0) is 22.5 Å². The largest absolute Gasteiger partial charge is 0.469 e. The number of aliphatic imine (C=N–C) groups is 1. The van der Waals surface area contributed by atoms with Crippen LogP contribution in [0.25, 0.3) is 0 Å². The third-order valence-electron chi connectivity index (χ3n) is 5.23. The van der Waals surface area contributed by atoms with Gasteiger partial charge in [-0.2, -0.15) is 0 Å². The van der Waals surface area contributed by atoms with Crippen molar-refractivity contribution >= 4 is 23.3 Å². The van der Waals surface area contributed by atoms with Gasteiger partial charge in [0.15, 0.2) is 5.96 Å². The Balaban J connectivity index is 1.47. The third-order valence-corrected chi connectivity index (χ3v) is 6.25. The van der Waals surface area contributed by atoms with Gasteiger partial charge in [-0.05, 0) is 29.3 Å². The van der Waals surface area contributed by atoms with Crippen molar-refractivity contribution in [1.82, 2.24) is 15.1 Å². The van der Waals surface area contributed by atoms with Gasteiger partial charge in [0.2, 0.25) is 0 Å². The molecule has 1 fully saturated rings. The maximum absolute atomic E-state index is 11.9. The molecule has 0 bridgehead atoms. The molecular weight excluding hydrogens is 336 g/mol. The van der Waals surface area contributed by atoms with Crippen LogP contribution in [0.1, 0.15) is 17.4 Å². The second kappa shape index (κ2) is 8.19. The minimum Gasteiger partial charge on any atom is -0.469 e. The number of thiophene rings is 1. The molecule has 2 aliphatic rings. The number of ether oxygens (including phenoxy) is 1. The average Bonchev–Trinajstić information content (AvgIpc) is 3.24. The number of fused-ring (bicyclic) bond motifs is 1. The number of esters is 1. The summed E-state index contributed by atoms with van der Waals surface area (Å²) in [5, 5.41) is 5.65. The summed E-state index contributed by atoms with van der Waals surface area (Å²) in [6.07, 6.45) is 1.16. The summed E-state index contributed by atoms with van der Waals surface area (Å²) >= 11 is 1.88. The smallest absolute Gasteiger partial charge is 0.310 e. The number of hydrogen-bond acceptors (Lipinski definition) is 5. The predicted molar refractivity (Wildman–Crippen MR) is 101 cm³/mol. The minimum atomic E-state index is -0.120. The number of rotatable bonds is 4. The van der Waals surface area contributed by atoms with Crippen LogP contribution in [0, 0.1) is 11.8 Å². The summed E-state index contributed by atoms with van der Waals surface area (Å²) in [6, 6.07) is 2.25. The summed E-state index contributed by atoms with van der Waals surface area (Å²) in [5.41, 5.74) is 1.48. The number of hydrogen-bond donors (Lipinski definition) is 1. The van der Waals surface area contributed by atoms with Crippen molar-refractivity contribution in [1.29, 1.82) is 0 Å². The van der Waals surface area contributed by atoms with Gasteiger partial charge >= 0.3 is 5.97 Å². The van der Waals surface area contributed by atoms with E-state index in [1.54, 1.807) is 11.9 Å². The Hall–Kier alpha value is -1.60. The zero-order valence-corrected chi connectivity index (χ0v) is 16.1. The lowest BCUT2D eigenvalue weighted by atomic mass is 9.99. The van der Waals surface area contributed by atoms with Gasteiger partial charge in [-0.25, -0.2) is 0 Å². The Morgan fingerprint density at radius 2 is 2.32 bits per heavy atom. The fraction of sp³-hybridized carbons (Fsp3) is 0.667. The highest BCUT2D eigenvalue weighted by Gasteiger charge is 2.36. The van der Waals surface area contributed by atoms with Gasteiger partial charge in [0.05, 0.1) is 13.0 Å². The van der Waals surface area contributed by atoms with Crippen LogP contribution in [0.4, 0.5) is 0 Å². The normalized spacial score (nSPS) is 24.3. The maximum atomic E-state index is 11.9. The van der Waals surface area contributed by atoms with E-state index in [9.17, 15) is 4.79 Å².